The predicted octanol–water partition coefficient (Wildman–Crippen LogP) is 1.85. The van der Waals surface area contributed by atoms with Crippen LogP contribution in [0.4, 0.5) is 0 Å². The molecule has 1 rings (SSSR count). The molecule has 4 nitrogen and oxygen atoms in total. The number of carbonyl (C=O) groups is 2. The highest BCUT2D eigenvalue weighted by molar-refractivity contribution is 5.99. The van der Waals surface area contributed by atoms with E-state index in [0.717, 1.165) is 11.3 Å². The number of hydrogen-bond acceptors (Lipinski definition) is 3. The molecule has 0 aromatic carbocycles. The zero-order chi connectivity index (χ0) is 12.3. The zero-order valence-corrected chi connectivity index (χ0v) is 10.1. The Bertz CT molecular complexity index is 321. The van der Waals surface area contributed by atoms with Crippen LogP contribution in [0.25, 0.3) is 0 Å². The first-order valence-corrected chi connectivity index (χ1v) is 5.66. The van der Waals surface area contributed by atoms with Crippen molar-refractivity contribution in [3.63, 3.8) is 0 Å². The Kier molecular flexibility index (Phi) is 3.69. The standard InChI is InChI=1S/C12H18N2O2/c1-4-5-9(8-13)14-10(15)6-12(2,3)7-11(14)16/h9H,4-7H2,1-3H3. The molecule has 1 unspecified atom stereocenters. The summed E-state index contributed by atoms with van der Waals surface area (Å²) in [5.74, 6) is -0.414. The van der Waals surface area contributed by atoms with Crippen LogP contribution < -0.4 is 0 Å². The van der Waals surface area contributed by atoms with Gasteiger partial charge in [0.2, 0.25) is 11.8 Å². The lowest BCUT2D eigenvalue weighted by atomic mass is 9.81. The van der Waals surface area contributed by atoms with Gasteiger partial charge in [-0.2, -0.15) is 5.26 Å². The van der Waals surface area contributed by atoms with E-state index in [1.54, 1.807) is 0 Å². The molecule has 0 aromatic heterocycles. The number of amides is 2. The van der Waals surface area contributed by atoms with Gasteiger partial charge in [-0.3, -0.25) is 14.5 Å². The van der Waals surface area contributed by atoms with Crippen molar-refractivity contribution in [2.75, 3.05) is 0 Å². The largest absolute Gasteiger partial charge is 0.274 e. The van der Waals surface area contributed by atoms with Gasteiger partial charge in [0, 0.05) is 12.8 Å². The maximum Gasteiger partial charge on any atom is 0.230 e. The van der Waals surface area contributed by atoms with Crippen LogP contribution in [-0.4, -0.2) is 22.8 Å². The van der Waals surface area contributed by atoms with Crippen molar-refractivity contribution in [1.29, 1.82) is 5.26 Å². The van der Waals surface area contributed by atoms with E-state index in [1.165, 1.54) is 0 Å². The lowest BCUT2D eigenvalue weighted by molar-refractivity contribution is -0.154. The maximum atomic E-state index is 11.8. The van der Waals surface area contributed by atoms with E-state index in [-0.39, 0.29) is 17.2 Å². The average Bonchev–Trinajstić information content (AvgIpc) is 2.13. The smallest absolute Gasteiger partial charge is 0.230 e. The van der Waals surface area contributed by atoms with E-state index >= 15 is 0 Å². The van der Waals surface area contributed by atoms with Gasteiger partial charge in [-0.1, -0.05) is 27.2 Å². The fraction of sp³-hybridized carbons (Fsp3) is 0.750. The number of carbonyl (C=O) groups excluding carboxylic acids is 2. The second-order valence-electron chi connectivity index (χ2n) is 5.11. The molecule has 1 aliphatic rings. The third kappa shape index (κ3) is 2.60. The third-order valence-corrected chi connectivity index (χ3v) is 2.82. The van der Waals surface area contributed by atoms with E-state index < -0.39 is 6.04 Å². The Hall–Kier alpha value is -1.37. The average molecular weight is 222 g/mol. The summed E-state index contributed by atoms with van der Waals surface area (Å²) in [5, 5.41) is 8.98. The van der Waals surface area contributed by atoms with Gasteiger partial charge in [0.05, 0.1) is 6.07 Å². The van der Waals surface area contributed by atoms with Crippen molar-refractivity contribution in [3.8, 4) is 6.07 Å². The second-order valence-corrected chi connectivity index (χ2v) is 5.11. The summed E-state index contributed by atoms with van der Waals surface area (Å²) in [6.07, 6.45) is 2.05. The first-order valence-electron chi connectivity index (χ1n) is 5.66. The Morgan fingerprint density at radius 1 is 1.38 bits per heavy atom. The van der Waals surface area contributed by atoms with Gasteiger partial charge in [0.1, 0.15) is 6.04 Å². The monoisotopic (exact) mass is 222 g/mol. The number of hydrogen-bond donors (Lipinski definition) is 0. The predicted molar refractivity (Wildman–Crippen MR) is 59.2 cm³/mol. The number of rotatable bonds is 3. The molecular weight excluding hydrogens is 204 g/mol. The van der Waals surface area contributed by atoms with E-state index in [0.29, 0.717) is 19.3 Å². The quantitative estimate of drug-likeness (QED) is 0.685. The highest BCUT2D eigenvalue weighted by Gasteiger charge is 2.40. The molecule has 16 heavy (non-hydrogen) atoms. The Morgan fingerprint density at radius 2 is 1.88 bits per heavy atom. The van der Waals surface area contributed by atoms with Crippen LogP contribution in [0.2, 0.25) is 0 Å². The molecule has 0 N–H and O–H groups in total. The first kappa shape index (κ1) is 12.7. The van der Waals surface area contributed by atoms with Gasteiger partial charge < -0.3 is 0 Å². The molecule has 4 heteroatoms. The van der Waals surface area contributed by atoms with Gasteiger partial charge in [-0.25, -0.2) is 0 Å². The second kappa shape index (κ2) is 4.65. The van der Waals surface area contributed by atoms with Crippen LogP contribution in [0.15, 0.2) is 0 Å². The van der Waals surface area contributed by atoms with Crippen molar-refractivity contribution >= 4 is 11.8 Å². The topological polar surface area (TPSA) is 61.2 Å². The Balaban J connectivity index is 2.86. The molecule has 2 amide bonds. The van der Waals surface area contributed by atoms with Gasteiger partial charge in [-0.15, -0.1) is 0 Å². The lowest BCUT2D eigenvalue weighted by Gasteiger charge is -2.36. The summed E-state index contributed by atoms with van der Waals surface area (Å²) < 4.78 is 0. The first-order chi connectivity index (χ1) is 7.41. The van der Waals surface area contributed by atoms with Gasteiger partial charge in [-0.05, 0) is 11.8 Å². The molecule has 1 aliphatic heterocycles. The molecule has 0 radical (unpaired) electrons. The number of likely N-dealkylation sites (tertiary alicyclic amines) is 1. The van der Waals surface area contributed by atoms with Crippen LogP contribution in [-0.2, 0) is 9.59 Å². The lowest BCUT2D eigenvalue weighted by Crippen LogP contribution is -2.50. The zero-order valence-electron chi connectivity index (χ0n) is 10.1. The van der Waals surface area contributed by atoms with E-state index in [4.69, 9.17) is 5.26 Å². The van der Waals surface area contributed by atoms with Crippen LogP contribution >= 0.6 is 0 Å². The van der Waals surface area contributed by atoms with Crippen molar-refractivity contribution in [2.45, 2.75) is 52.5 Å². The molecule has 0 saturated carbocycles. The number of nitriles is 1. The summed E-state index contributed by atoms with van der Waals surface area (Å²) >= 11 is 0. The van der Waals surface area contributed by atoms with Crippen molar-refractivity contribution in [2.24, 2.45) is 5.41 Å². The minimum absolute atomic E-state index is 0.207. The van der Waals surface area contributed by atoms with Crippen molar-refractivity contribution in [3.05, 3.63) is 0 Å². The van der Waals surface area contributed by atoms with Gasteiger partial charge in [0.15, 0.2) is 0 Å². The maximum absolute atomic E-state index is 11.8. The van der Waals surface area contributed by atoms with Crippen molar-refractivity contribution in [1.82, 2.24) is 4.90 Å². The summed E-state index contributed by atoms with van der Waals surface area (Å²) in [5.41, 5.74) is -0.267. The molecule has 0 spiro atoms. The minimum atomic E-state index is -0.582. The molecule has 88 valence electrons. The van der Waals surface area contributed by atoms with Crippen LogP contribution in [0, 0.1) is 16.7 Å². The minimum Gasteiger partial charge on any atom is -0.274 e. The SMILES string of the molecule is CCCC(C#N)N1C(=O)CC(C)(C)CC1=O. The fourth-order valence-electron chi connectivity index (χ4n) is 2.06. The van der Waals surface area contributed by atoms with Crippen LogP contribution in [0.5, 0.6) is 0 Å². The van der Waals surface area contributed by atoms with Crippen LogP contribution in [0.1, 0.15) is 46.5 Å². The van der Waals surface area contributed by atoms with Crippen molar-refractivity contribution < 1.29 is 9.59 Å². The van der Waals surface area contributed by atoms with E-state index in [1.807, 2.05) is 26.8 Å². The molecule has 1 saturated heterocycles. The normalized spacial score (nSPS) is 21.8. The van der Waals surface area contributed by atoms with Gasteiger partial charge >= 0.3 is 0 Å². The number of nitrogens with zero attached hydrogens (tertiary/aromatic N) is 2. The highest BCUT2D eigenvalue weighted by Crippen LogP contribution is 2.32. The molecule has 1 fully saturated rings. The summed E-state index contributed by atoms with van der Waals surface area (Å²) in [4.78, 5) is 24.9. The Morgan fingerprint density at radius 3 is 2.25 bits per heavy atom. The van der Waals surface area contributed by atoms with E-state index in [2.05, 4.69) is 0 Å². The Labute approximate surface area is 96.2 Å². The number of piperidine rings is 1. The highest BCUT2D eigenvalue weighted by atomic mass is 16.2. The summed E-state index contributed by atoms with van der Waals surface area (Å²) in [6, 6.07) is 1.46. The molecule has 1 atom stereocenters. The van der Waals surface area contributed by atoms with Crippen LogP contribution in [0.3, 0.4) is 0 Å². The van der Waals surface area contributed by atoms with E-state index in [9.17, 15) is 9.59 Å². The molecule has 1 heterocycles. The fourth-order valence-corrected chi connectivity index (χ4v) is 2.06. The molecule has 0 aromatic rings. The molecule has 0 aliphatic carbocycles. The number of imide groups is 1. The molecule has 0 bridgehead atoms. The summed E-state index contributed by atoms with van der Waals surface area (Å²) in [6.45, 7) is 5.75. The summed E-state index contributed by atoms with van der Waals surface area (Å²) in [7, 11) is 0. The molecular formula is C12H18N2O2. The third-order valence-electron chi connectivity index (χ3n) is 2.82. The van der Waals surface area contributed by atoms with Gasteiger partial charge in [0.25, 0.3) is 0 Å².